The normalized spacial score (nSPS) is 15.3. The lowest BCUT2D eigenvalue weighted by atomic mass is 10.1. The Morgan fingerprint density at radius 2 is 1.67 bits per heavy atom. The molecule has 27 heavy (non-hydrogen) atoms. The SMILES string of the molecule is Cc1cccc(N2CCN(C(=O)c3c(C)oc(C)c3S(N)(=O)=O)CC2)c1C. The smallest absolute Gasteiger partial charge is 0.258 e. The number of hydrogen-bond acceptors (Lipinski definition) is 5. The summed E-state index contributed by atoms with van der Waals surface area (Å²) < 4.78 is 29.2. The number of benzene rings is 1. The molecule has 1 amide bonds. The molecule has 7 nitrogen and oxygen atoms in total. The first-order chi connectivity index (χ1) is 12.6. The molecule has 146 valence electrons. The van der Waals surface area contributed by atoms with Gasteiger partial charge in [0.2, 0.25) is 10.0 Å². The summed E-state index contributed by atoms with van der Waals surface area (Å²) in [5, 5.41) is 5.30. The van der Waals surface area contributed by atoms with E-state index in [0.29, 0.717) is 26.2 Å². The lowest BCUT2D eigenvalue weighted by Gasteiger charge is -2.37. The largest absolute Gasteiger partial charge is 0.464 e. The third kappa shape index (κ3) is 3.59. The van der Waals surface area contributed by atoms with Crippen LogP contribution in [0.3, 0.4) is 0 Å². The van der Waals surface area contributed by atoms with Gasteiger partial charge in [-0.1, -0.05) is 12.1 Å². The molecule has 1 aliphatic heterocycles. The zero-order valence-electron chi connectivity index (χ0n) is 16.1. The number of piperazine rings is 1. The van der Waals surface area contributed by atoms with Crippen molar-refractivity contribution < 1.29 is 17.6 Å². The van der Waals surface area contributed by atoms with E-state index in [1.165, 1.54) is 23.7 Å². The monoisotopic (exact) mass is 391 g/mol. The van der Waals surface area contributed by atoms with E-state index < -0.39 is 10.0 Å². The zero-order chi connectivity index (χ0) is 19.9. The van der Waals surface area contributed by atoms with Gasteiger partial charge in [-0.05, 0) is 44.9 Å². The van der Waals surface area contributed by atoms with Crippen LogP contribution in [0.25, 0.3) is 0 Å². The molecule has 3 rings (SSSR count). The predicted molar refractivity (Wildman–Crippen MR) is 104 cm³/mol. The first kappa shape index (κ1) is 19.4. The molecule has 1 aromatic heterocycles. The fourth-order valence-electron chi connectivity index (χ4n) is 3.64. The Kier molecular flexibility index (Phi) is 5.05. The van der Waals surface area contributed by atoms with Crippen LogP contribution in [0, 0.1) is 27.7 Å². The zero-order valence-corrected chi connectivity index (χ0v) is 16.9. The molecule has 0 unspecified atom stereocenters. The van der Waals surface area contributed by atoms with E-state index in [-0.39, 0.29) is 27.9 Å². The molecule has 0 aliphatic carbocycles. The molecule has 2 heterocycles. The second kappa shape index (κ2) is 7.01. The summed E-state index contributed by atoms with van der Waals surface area (Å²) in [6.45, 7) is 9.62. The summed E-state index contributed by atoms with van der Waals surface area (Å²) in [6, 6.07) is 6.20. The molecule has 0 radical (unpaired) electrons. The van der Waals surface area contributed by atoms with Crippen molar-refractivity contribution in [3.63, 3.8) is 0 Å². The Balaban J connectivity index is 1.82. The Bertz CT molecular complexity index is 987. The van der Waals surface area contributed by atoms with E-state index in [1.54, 1.807) is 11.8 Å². The minimum Gasteiger partial charge on any atom is -0.464 e. The van der Waals surface area contributed by atoms with Crippen LogP contribution in [0.4, 0.5) is 5.69 Å². The summed E-state index contributed by atoms with van der Waals surface area (Å²) in [4.78, 5) is 16.7. The fourth-order valence-corrected chi connectivity index (χ4v) is 4.60. The number of furan rings is 1. The summed E-state index contributed by atoms with van der Waals surface area (Å²) in [5.41, 5.74) is 3.68. The van der Waals surface area contributed by atoms with Crippen molar-refractivity contribution in [3.05, 3.63) is 46.4 Å². The maximum atomic E-state index is 13.0. The number of nitrogens with two attached hydrogens (primary N) is 1. The van der Waals surface area contributed by atoms with Gasteiger partial charge in [0.05, 0.1) is 0 Å². The number of amides is 1. The van der Waals surface area contributed by atoms with Crippen molar-refractivity contribution in [2.75, 3.05) is 31.1 Å². The van der Waals surface area contributed by atoms with Gasteiger partial charge in [0.15, 0.2) is 0 Å². The summed E-state index contributed by atoms with van der Waals surface area (Å²) in [7, 11) is -4.04. The van der Waals surface area contributed by atoms with Crippen molar-refractivity contribution in [1.82, 2.24) is 4.90 Å². The van der Waals surface area contributed by atoms with Crippen LogP contribution in [0.15, 0.2) is 27.5 Å². The van der Waals surface area contributed by atoms with Gasteiger partial charge < -0.3 is 14.2 Å². The maximum Gasteiger partial charge on any atom is 0.258 e. The van der Waals surface area contributed by atoms with Crippen molar-refractivity contribution in [2.24, 2.45) is 5.14 Å². The van der Waals surface area contributed by atoms with Gasteiger partial charge in [-0.15, -0.1) is 0 Å². The number of hydrogen-bond donors (Lipinski definition) is 1. The number of carbonyl (C=O) groups is 1. The minimum absolute atomic E-state index is 0.0511. The molecule has 0 atom stereocenters. The molecular weight excluding hydrogens is 366 g/mol. The van der Waals surface area contributed by atoms with Gasteiger partial charge in [-0.2, -0.15) is 0 Å². The number of primary sulfonamides is 1. The van der Waals surface area contributed by atoms with Gasteiger partial charge >= 0.3 is 0 Å². The molecule has 0 spiro atoms. The Hall–Kier alpha value is -2.32. The van der Waals surface area contributed by atoms with Crippen LogP contribution in [0.2, 0.25) is 0 Å². The second-order valence-electron chi connectivity index (χ2n) is 6.96. The first-order valence-electron chi connectivity index (χ1n) is 8.84. The van der Waals surface area contributed by atoms with Crippen LogP contribution >= 0.6 is 0 Å². The summed E-state index contributed by atoms with van der Waals surface area (Å²) in [5.74, 6) is 0.0693. The Morgan fingerprint density at radius 3 is 2.26 bits per heavy atom. The van der Waals surface area contributed by atoms with E-state index in [2.05, 4.69) is 30.9 Å². The maximum absolute atomic E-state index is 13.0. The number of rotatable bonds is 3. The van der Waals surface area contributed by atoms with Gasteiger partial charge in [-0.3, -0.25) is 4.79 Å². The first-order valence-corrected chi connectivity index (χ1v) is 10.4. The lowest BCUT2D eigenvalue weighted by molar-refractivity contribution is 0.0741. The third-order valence-electron chi connectivity index (χ3n) is 5.19. The van der Waals surface area contributed by atoms with Crippen molar-refractivity contribution in [2.45, 2.75) is 32.6 Å². The molecule has 0 saturated carbocycles. The Labute approximate surface area is 159 Å². The third-order valence-corrected chi connectivity index (χ3v) is 6.25. The van der Waals surface area contributed by atoms with Gasteiger partial charge in [-0.25, -0.2) is 13.6 Å². The lowest BCUT2D eigenvalue weighted by Crippen LogP contribution is -2.49. The van der Waals surface area contributed by atoms with Crippen molar-refractivity contribution >= 4 is 21.6 Å². The highest BCUT2D eigenvalue weighted by Crippen LogP contribution is 2.28. The predicted octanol–water partition coefficient (Wildman–Crippen LogP) is 2.12. The van der Waals surface area contributed by atoms with Crippen LogP contribution in [-0.4, -0.2) is 45.4 Å². The molecule has 1 fully saturated rings. The van der Waals surface area contributed by atoms with Crippen LogP contribution in [0.1, 0.15) is 33.0 Å². The van der Waals surface area contributed by atoms with E-state index in [0.717, 1.165) is 0 Å². The average molecular weight is 391 g/mol. The molecule has 8 heteroatoms. The number of carbonyl (C=O) groups excluding carboxylic acids is 1. The highest BCUT2D eigenvalue weighted by Gasteiger charge is 2.32. The van der Waals surface area contributed by atoms with Gasteiger partial charge in [0.25, 0.3) is 5.91 Å². The van der Waals surface area contributed by atoms with Crippen LogP contribution in [-0.2, 0) is 10.0 Å². The molecule has 0 bridgehead atoms. The quantitative estimate of drug-likeness (QED) is 0.864. The molecule has 1 aromatic carbocycles. The molecule has 2 N–H and O–H groups in total. The number of aryl methyl sites for hydroxylation is 3. The number of anilines is 1. The number of nitrogens with zero attached hydrogens (tertiary/aromatic N) is 2. The topological polar surface area (TPSA) is 96.8 Å². The van der Waals surface area contributed by atoms with E-state index in [9.17, 15) is 13.2 Å². The van der Waals surface area contributed by atoms with Crippen molar-refractivity contribution in [1.29, 1.82) is 0 Å². The molecular formula is C19H25N3O4S. The number of sulfonamides is 1. The highest BCUT2D eigenvalue weighted by molar-refractivity contribution is 7.89. The molecule has 1 aliphatic rings. The van der Waals surface area contributed by atoms with Crippen LogP contribution in [0.5, 0.6) is 0 Å². The highest BCUT2D eigenvalue weighted by atomic mass is 32.2. The van der Waals surface area contributed by atoms with Crippen molar-refractivity contribution in [3.8, 4) is 0 Å². The average Bonchev–Trinajstić information content (AvgIpc) is 2.91. The molecule has 2 aromatic rings. The summed E-state index contributed by atoms with van der Waals surface area (Å²) >= 11 is 0. The Morgan fingerprint density at radius 1 is 1.04 bits per heavy atom. The standard InChI is InChI=1S/C19H25N3O4S/c1-12-6-5-7-16(13(12)2)21-8-10-22(11-9-21)19(23)17-14(3)26-15(4)18(17)27(20,24)25/h5-7H,8-11H2,1-4H3,(H2,20,24,25). The second-order valence-corrected chi connectivity index (χ2v) is 8.46. The summed E-state index contributed by atoms with van der Waals surface area (Å²) in [6.07, 6.45) is 0. The molecule has 1 saturated heterocycles. The van der Waals surface area contributed by atoms with E-state index >= 15 is 0 Å². The van der Waals surface area contributed by atoms with E-state index in [4.69, 9.17) is 9.56 Å². The van der Waals surface area contributed by atoms with Gasteiger partial charge in [0, 0.05) is 31.9 Å². The van der Waals surface area contributed by atoms with Crippen LogP contribution < -0.4 is 10.0 Å². The van der Waals surface area contributed by atoms with Gasteiger partial charge in [0.1, 0.15) is 22.0 Å². The fraction of sp³-hybridized carbons (Fsp3) is 0.421. The van der Waals surface area contributed by atoms with E-state index in [1.807, 2.05) is 6.07 Å². The minimum atomic E-state index is -4.04.